The van der Waals surface area contributed by atoms with Gasteiger partial charge in [-0.15, -0.1) is 0 Å². The molecule has 0 fully saturated rings. The molecule has 0 heterocycles. The number of carbonyl (C=O) groups is 1. The van der Waals surface area contributed by atoms with Gasteiger partial charge in [0.15, 0.2) is 0 Å². The standard InChI is InChI=1S/C14H22N2O2/c1-9-11(7-6-8-12(9)15)10(2)16-13(17)18-14(3,4)5/h6-8,10H,15H2,1-5H3,(H,16,17). The molecule has 0 aliphatic rings. The number of nitrogen functional groups attached to an aromatic ring is 1. The van der Waals surface area contributed by atoms with E-state index in [1.165, 1.54) is 0 Å². The summed E-state index contributed by atoms with van der Waals surface area (Å²) in [5, 5.41) is 2.80. The summed E-state index contributed by atoms with van der Waals surface area (Å²) in [6, 6.07) is 5.54. The van der Waals surface area contributed by atoms with Crippen molar-refractivity contribution in [1.82, 2.24) is 5.32 Å². The average molecular weight is 250 g/mol. The smallest absolute Gasteiger partial charge is 0.408 e. The molecule has 0 saturated heterocycles. The van der Waals surface area contributed by atoms with E-state index in [-0.39, 0.29) is 6.04 Å². The van der Waals surface area contributed by atoms with Gasteiger partial charge in [-0.3, -0.25) is 0 Å². The monoisotopic (exact) mass is 250 g/mol. The van der Waals surface area contributed by atoms with E-state index in [1.807, 2.05) is 52.8 Å². The maximum atomic E-state index is 11.7. The van der Waals surface area contributed by atoms with E-state index in [4.69, 9.17) is 10.5 Å². The molecule has 18 heavy (non-hydrogen) atoms. The molecule has 0 bridgehead atoms. The first-order valence-electron chi connectivity index (χ1n) is 6.05. The van der Waals surface area contributed by atoms with Gasteiger partial charge >= 0.3 is 6.09 Å². The van der Waals surface area contributed by atoms with Gasteiger partial charge in [-0.2, -0.15) is 0 Å². The summed E-state index contributed by atoms with van der Waals surface area (Å²) in [6.07, 6.45) is -0.420. The van der Waals surface area contributed by atoms with Crippen LogP contribution in [0.25, 0.3) is 0 Å². The van der Waals surface area contributed by atoms with Crippen molar-refractivity contribution < 1.29 is 9.53 Å². The third-order valence-corrected chi connectivity index (χ3v) is 2.62. The van der Waals surface area contributed by atoms with Gasteiger partial charge in [0.1, 0.15) is 5.60 Å². The highest BCUT2D eigenvalue weighted by atomic mass is 16.6. The van der Waals surface area contributed by atoms with Crippen LogP contribution in [0.4, 0.5) is 10.5 Å². The van der Waals surface area contributed by atoms with Crippen LogP contribution in [-0.4, -0.2) is 11.7 Å². The Morgan fingerprint density at radius 2 is 2.00 bits per heavy atom. The number of carbonyl (C=O) groups excluding carboxylic acids is 1. The maximum absolute atomic E-state index is 11.7. The van der Waals surface area contributed by atoms with Crippen molar-refractivity contribution in [3.8, 4) is 0 Å². The molecular formula is C14H22N2O2. The molecule has 100 valence electrons. The van der Waals surface area contributed by atoms with Crippen molar-refractivity contribution in [2.75, 3.05) is 5.73 Å². The number of anilines is 1. The van der Waals surface area contributed by atoms with Crippen LogP contribution in [0.3, 0.4) is 0 Å². The van der Waals surface area contributed by atoms with Crippen molar-refractivity contribution in [3.05, 3.63) is 29.3 Å². The van der Waals surface area contributed by atoms with Crippen molar-refractivity contribution in [1.29, 1.82) is 0 Å². The number of amides is 1. The van der Waals surface area contributed by atoms with Crippen molar-refractivity contribution in [2.24, 2.45) is 0 Å². The Morgan fingerprint density at radius 1 is 1.39 bits per heavy atom. The molecule has 0 radical (unpaired) electrons. The molecule has 4 nitrogen and oxygen atoms in total. The molecule has 0 saturated carbocycles. The molecular weight excluding hydrogens is 228 g/mol. The van der Waals surface area contributed by atoms with Crippen LogP contribution in [-0.2, 0) is 4.74 Å². The minimum atomic E-state index is -0.492. The Kier molecular flexibility index (Phi) is 4.22. The predicted octanol–water partition coefficient (Wildman–Crippen LogP) is 3.16. The first-order valence-corrected chi connectivity index (χ1v) is 6.05. The number of rotatable bonds is 2. The van der Waals surface area contributed by atoms with Crippen LogP contribution < -0.4 is 11.1 Å². The van der Waals surface area contributed by atoms with E-state index in [2.05, 4.69) is 5.32 Å². The van der Waals surface area contributed by atoms with E-state index >= 15 is 0 Å². The zero-order valence-electron chi connectivity index (χ0n) is 11.7. The second kappa shape index (κ2) is 5.29. The first kappa shape index (κ1) is 14.4. The predicted molar refractivity (Wildman–Crippen MR) is 73.4 cm³/mol. The van der Waals surface area contributed by atoms with Crippen molar-refractivity contribution in [3.63, 3.8) is 0 Å². The lowest BCUT2D eigenvalue weighted by Gasteiger charge is -2.23. The highest BCUT2D eigenvalue weighted by Gasteiger charge is 2.19. The number of hydrogen-bond donors (Lipinski definition) is 2. The summed E-state index contributed by atoms with van der Waals surface area (Å²) in [6.45, 7) is 9.36. The van der Waals surface area contributed by atoms with Gasteiger partial charge in [0.05, 0.1) is 6.04 Å². The minimum Gasteiger partial charge on any atom is -0.444 e. The fraction of sp³-hybridized carbons (Fsp3) is 0.500. The number of hydrogen-bond acceptors (Lipinski definition) is 3. The zero-order valence-corrected chi connectivity index (χ0v) is 11.7. The zero-order chi connectivity index (χ0) is 13.9. The molecule has 1 unspecified atom stereocenters. The average Bonchev–Trinajstić information content (AvgIpc) is 2.18. The number of alkyl carbamates (subject to hydrolysis) is 1. The van der Waals surface area contributed by atoms with Crippen LogP contribution in [0.2, 0.25) is 0 Å². The highest BCUT2D eigenvalue weighted by Crippen LogP contribution is 2.22. The Labute approximate surface area is 109 Å². The van der Waals surface area contributed by atoms with Gasteiger partial charge in [-0.1, -0.05) is 12.1 Å². The topological polar surface area (TPSA) is 64.3 Å². The lowest BCUT2D eigenvalue weighted by Crippen LogP contribution is -2.34. The third kappa shape index (κ3) is 3.95. The van der Waals surface area contributed by atoms with E-state index in [0.717, 1.165) is 16.8 Å². The molecule has 0 aliphatic carbocycles. The molecule has 1 amide bonds. The lowest BCUT2D eigenvalue weighted by molar-refractivity contribution is 0.0508. The normalized spacial score (nSPS) is 12.9. The minimum absolute atomic E-state index is 0.136. The Morgan fingerprint density at radius 3 is 2.56 bits per heavy atom. The fourth-order valence-corrected chi connectivity index (χ4v) is 1.70. The van der Waals surface area contributed by atoms with Crippen LogP contribution in [0, 0.1) is 6.92 Å². The van der Waals surface area contributed by atoms with Crippen molar-refractivity contribution in [2.45, 2.75) is 46.3 Å². The van der Waals surface area contributed by atoms with Gasteiger partial charge in [0, 0.05) is 5.69 Å². The quantitative estimate of drug-likeness (QED) is 0.792. The lowest BCUT2D eigenvalue weighted by atomic mass is 10.0. The Balaban J connectivity index is 2.74. The van der Waals surface area contributed by atoms with Gasteiger partial charge in [0.25, 0.3) is 0 Å². The van der Waals surface area contributed by atoms with Gasteiger partial charge in [-0.25, -0.2) is 4.79 Å². The summed E-state index contributed by atoms with van der Waals surface area (Å²) in [5.74, 6) is 0. The van der Waals surface area contributed by atoms with E-state index in [1.54, 1.807) is 0 Å². The van der Waals surface area contributed by atoms with E-state index < -0.39 is 11.7 Å². The second-order valence-electron chi connectivity index (χ2n) is 5.43. The number of ether oxygens (including phenoxy) is 1. The highest BCUT2D eigenvalue weighted by molar-refractivity contribution is 5.68. The molecule has 1 rings (SSSR count). The third-order valence-electron chi connectivity index (χ3n) is 2.62. The number of benzene rings is 1. The van der Waals surface area contributed by atoms with E-state index in [0.29, 0.717) is 0 Å². The van der Waals surface area contributed by atoms with Crippen LogP contribution in [0.5, 0.6) is 0 Å². The molecule has 0 aromatic heterocycles. The first-order chi connectivity index (χ1) is 8.20. The van der Waals surface area contributed by atoms with Gasteiger partial charge in [-0.05, 0) is 51.8 Å². The molecule has 3 N–H and O–H groups in total. The Bertz CT molecular complexity index is 436. The summed E-state index contributed by atoms with van der Waals surface area (Å²) < 4.78 is 5.22. The SMILES string of the molecule is Cc1c(N)cccc1C(C)NC(=O)OC(C)(C)C. The van der Waals surface area contributed by atoms with Crippen LogP contribution in [0.1, 0.15) is 44.9 Å². The van der Waals surface area contributed by atoms with Gasteiger partial charge < -0.3 is 15.8 Å². The second-order valence-corrected chi connectivity index (χ2v) is 5.43. The summed E-state index contributed by atoms with van der Waals surface area (Å²) in [5.41, 5.74) is 8.07. The number of nitrogens with one attached hydrogen (secondary N) is 1. The molecule has 4 heteroatoms. The molecule has 1 aromatic carbocycles. The van der Waals surface area contributed by atoms with Gasteiger partial charge in [0.2, 0.25) is 0 Å². The van der Waals surface area contributed by atoms with E-state index in [9.17, 15) is 4.79 Å². The van der Waals surface area contributed by atoms with Crippen LogP contribution >= 0.6 is 0 Å². The summed E-state index contributed by atoms with van der Waals surface area (Å²) in [4.78, 5) is 11.7. The fourth-order valence-electron chi connectivity index (χ4n) is 1.70. The largest absolute Gasteiger partial charge is 0.444 e. The summed E-state index contributed by atoms with van der Waals surface area (Å²) >= 11 is 0. The summed E-state index contributed by atoms with van der Waals surface area (Å²) in [7, 11) is 0. The van der Waals surface area contributed by atoms with Crippen molar-refractivity contribution >= 4 is 11.8 Å². The Hall–Kier alpha value is -1.71. The van der Waals surface area contributed by atoms with Crippen LogP contribution in [0.15, 0.2) is 18.2 Å². The number of nitrogens with two attached hydrogens (primary N) is 1. The maximum Gasteiger partial charge on any atom is 0.408 e. The molecule has 0 aliphatic heterocycles. The molecule has 1 aromatic rings. The molecule has 1 atom stereocenters. The molecule has 0 spiro atoms.